The van der Waals surface area contributed by atoms with E-state index >= 15 is 0 Å². The van der Waals surface area contributed by atoms with E-state index in [0.717, 1.165) is 16.0 Å². The van der Waals surface area contributed by atoms with Crippen molar-refractivity contribution in [2.75, 3.05) is 0 Å². The Labute approximate surface area is 134 Å². The van der Waals surface area contributed by atoms with Crippen LogP contribution in [0.3, 0.4) is 0 Å². The third-order valence-electron chi connectivity index (χ3n) is 3.39. The molecular weight excluding hydrogens is 309 g/mol. The first-order valence-electron chi connectivity index (χ1n) is 7.03. The van der Waals surface area contributed by atoms with Crippen molar-refractivity contribution in [3.8, 4) is 0 Å². The highest BCUT2D eigenvalue weighted by Gasteiger charge is 2.18. The summed E-state index contributed by atoms with van der Waals surface area (Å²) < 4.78 is 0. The van der Waals surface area contributed by atoms with Crippen LogP contribution in [-0.4, -0.2) is 16.1 Å². The second-order valence-electron chi connectivity index (χ2n) is 4.90. The van der Waals surface area contributed by atoms with Gasteiger partial charge < -0.3 is 10.1 Å². The van der Waals surface area contributed by atoms with E-state index in [1.54, 1.807) is 6.07 Å². The van der Waals surface area contributed by atoms with Crippen LogP contribution in [0.1, 0.15) is 10.4 Å². The van der Waals surface area contributed by atoms with Gasteiger partial charge in [-0.25, -0.2) is 4.79 Å². The number of aromatic amines is 1. The fraction of sp³-hybridized carbons (Fsp3) is 0. The number of hydrogen-bond donors (Lipinski definition) is 2. The maximum atomic E-state index is 12.0. The van der Waals surface area contributed by atoms with Crippen LogP contribution in [0.4, 0.5) is 0 Å². The van der Waals surface area contributed by atoms with Gasteiger partial charge in [0.25, 0.3) is 5.56 Å². The lowest BCUT2D eigenvalue weighted by Crippen LogP contribution is -2.29. The first-order valence-corrected chi connectivity index (χ1v) is 8.38. The lowest BCUT2D eigenvalue weighted by molar-refractivity contribution is 0.0695. The highest BCUT2D eigenvalue weighted by atomic mass is 31.1. The normalized spacial score (nSPS) is 10.7. The minimum absolute atomic E-state index is 0.246. The number of carboxylic acid groups (broad SMARTS) is 1. The number of aromatic nitrogens is 1. The fourth-order valence-electron chi connectivity index (χ4n) is 2.34. The average Bonchev–Trinajstić information content (AvgIpc) is 2.57. The summed E-state index contributed by atoms with van der Waals surface area (Å²) in [6.07, 6.45) is 0. The minimum atomic E-state index is -1.22. The maximum absolute atomic E-state index is 12.0. The Morgan fingerprint density at radius 3 is 1.78 bits per heavy atom. The largest absolute Gasteiger partial charge is 0.477 e. The number of nitrogens with one attached hydrogen (secondary N) is 1. The molecule has 3 aromatic rings. The van der Waals surface area contributed by atoms with E-state index in [4.69, 9.17) is 5.11 Å². The van der Waals surface area contributed by atoms with Gasteiger partial charge in [-0.1, -0.05) is 60.7 Å². The van der Waals surface area contributed by atoms with Gasteiger partial charge in [-0.3, -0.25) is 4.79 Å². The molecule has 2 aromatic carbocycles. The van der Waals surface area contributed by atoms with Gasteiger partial charge in [0, 0.05) is 7.92 Å². The van der Waals surface area contributed by atoms with Crippen LogP contribution in [0, 0.1) is 0 Å². The maximum Gasteiger partial charge on any atom is 0.341 e. The Hall–Kier alpha value is -2.71. The highest BCUT2D eigenvalue weighted by Crippen LogP contribution is 2.31. The van der Waals surface area contributed by atoms with E-state index in [2.05, 4.69) is 4.98 Å². The Kier molecular flexibility index (Phi) is 4.35. The molecule has 0 fully saturated rings. The molecule has 0 saturated heterocycles. The molecule has 5 heteroatoms. The summed E-state index contributed by atoms with van der Waals surface area (Å²) in [4.78, 5) is 25.8. The van der Waals surface area contributed by atoms with Crippen molar-refractivity contribution in [3.05, 3.63) is 88.7 Å². The number of rotatable bonds is 4. The van der Waals surface area contributed by atoms with E-state index in [1.165, 1.54) is 6.07 Å². The van der Waals surface area contributed by atoms with Gasteiger partial charge >= 0.3 is 5.97 Å². The van der Waals surface area contributed by atoms with Crippen molar-refractivity contribution >= 4 is 29.9 Å². The first-order chi connectivity index (χ1) is 11.2. The molecule has 0 atom stereocenters. The Balaban J connectivity index is 2.15. The van der Waals surface area contributed by atoms with Gasteiger partial charge in [-0.15, -0.1) is 0 Å². The molecule has 4 nitrogen and oxygen atoms in total. The van der Waals surface area contributed by atoms with Gasteiger partial charge in [0.1, 0.15) is 5.56 Å². The van der Waals surface area contributed by atoms with Gasteiger partial charge in [-0.05, 0) is 22.7 Å². The molecule has 23 heavy (non-hydrogen) atoms. The lowest BCUT2D eigenvalue weighted by Gasteiger charge is -2.18. The average molecular weight is 323 g/mol. The molecule has 0 saturated carbocycles. The number of pyridine rings is 1. The van der Waals surface area contributed by atoms with Gasteiger partial charge in [0.05, 0.1) is 5.44 Å². The third-order valence-corrected chi connectivity index (χ3v) is 5.77. The summed E-state index contributed by atoms with van der Waals surface area (Å²) >= 11 is 0. The van der Waals surface area contributed by atoms with Gasteiger partial charge in [-0.2, -0.15) is 0 Å². The molecule has 0 aliphatic carbocycles. The molecule has 0 radical (unpaired) electrons. The van der Waals surface area contributed by atoms with Crippen LogP contribution in [-0.2, 0) is 0 Å². The number of aromatic carboxylic acids is 1. The van der Waals surface area contributed by atoms with Crippen LogP contribution in [0.15, 0.2) is 77.6 Å². The zero-order valence-corrected chi connectivity index (χ0v) is 13.0. The van der Waals surface area contributed by atoms with Crippen LogP contribution in [0.5, 0.6) is 0 Å². The molecule has 114 valence electrons. The van der Waals surface area contributed by atoms with Crippen molar-refractivity contribution < 1.29 is 9.90 Å². The molecule has 0 aliphatic rings. The van der Waals surface area contributed by atoms with Gasteiger partial charge in [0.2, 0.25) is 0 Å². The molecule has 0 aliphatic heterocycles. The molecular formula is C18H14NO3P. The highest BCUT2D eigenvalue weighted by molar-refractivity contribution is 7.79. The topological polar surface area (TPSA) is 70.2 Å². The number of H-pyrrole nitrogens is 1. The van der Waals surface area contributed by atoms with Crippen molar-refractivity contribution in [1.29, 1.82) is 0 Å². The van der Waals surface area contributed by atoms with Crippen molar-refractivity contribution in [2.24, 2.45) is 0 Å². The molecule has 2 N–H and O–H groups in total. The molecule has 0 amide bonds. The number of hydrogen-bond acceptors (Lipinski definition) is 2. The lowest BCUT2D eigenvalue weighted by atomic mass is 10.3. The smallest absolute Gasteiger partial charge is 0.341 e. The van der Waals surface area contributed by atoms with Crippen molar-refractivity contribution in [2.45, 2.75) is 0 Å². The first kappa shape index (κ1) is 15.2. The van der Waals surface area contributed by atoms with E-state index in [-0.39, 0.29) is 5.56 Å². The van der Waals surface area contributed by atoms with Crippen molar-refractivity contribution in [1.82, 2.24) is 4.98 Å². The molecule has 0 spiro atoms. The van der Waals surface area contributed by atoms with E-state index in [0.29, 0.717) is 0 Å². The third kappa shape index (κ3) is 3.22. The number of carboxylic acids is 1. The molecule has 3 rings (SSSR count). The summed E-state index contributed by atoms with van der Waals surface area (Å²) in [5.41, 5.74) is -0.0911. The second kappa shape index (κ2) is 6.59. The van der Waals surface area contributed by atoms with Crippen LogP contribution >= 0.6 is 7.92 Å². The van der Waals surface area contributed by atoms with Crippen LogP contribution in [0.2, 0.25) is 0 Å². The molecule has 1 heterocycles. The molecule has 0 unspecified atom stereocenters. The predicted molar refractivity (Wildman–Crippen MR) is 92.7 cm³/mol. The summed E-state index contributed by atoms with van der Waals surface area (Å²) in [5.74, 6) is -1.22. The second-order valence-corrected chi connectivity index (χ2v) is 7.08. The minimum Gasteiger partial charge on any atom is -0.477 e. The van der Waals surface area contributed by atoms with E-state index in [9.17, 15) is 9.59 Å². The van der Waals surface area contributed by atoms with E-state index in [1.807, 2.05) is 60.7 Å². The molecule has 0 bridgehead atoms. The fourth-order valence-corrected chi connectivity index (χ4v) is 4.58. The van der Waals surface area contributed by atoms with Crippen molar-refractivity contribution in [3.63, 3.8) is 0 Å². The summed E-state index contributed by atoms with van der Waals surface area (Å²) in [6.45, 7) is 0. The Morgan fingerprint density at radius 1 is 0.826 bits per heavy atom. The van der Waals surface area contributed by atoms with Gasteiger partial charge in [0.15, 0.2) is 0 Å². The standard InChI is InChI=1S/C18H14NO3P/c20-17-15(18(21)22)11-12-16(19-17)23(13-7-3-1-4-8-13)14-9-5-2-6-10-14/h1-12H,(H,19,20)(H,21,22). The number of carbonyl (C=O) groups is 1. The zero-order valence-electron chi connectivity index (χ0n) is 12.1. The quantitative estimate of drug-likeness (QED) is 0.720. The summed E-state index contributed by atoms with van der Waals surface area (Å²) in [5, 5.41) is 11.2. The molecule has 1 aromatic heterocycles. The monoisotopic (exact) mass is 323 g/mol. The Bertz CT molecular complexity index is 836. The number of benzene rings is 2. The summed E-state index contributed by atoms with van der Waals surface area (Å²) in [7, 11) is -0.942. The SMILES string of the molecule is O=C(O)c1ccc(P(c2ccccc2)c2ccccc2)[nH]c1=O. The summed E-state index contributed by atoms with van der Waals surface area (Å²) in [6, 6.07) is 22.8. The predicted octanol–water partition coefficient (Wildman–Crippen LogP) is 1.83. The van der Waals surface area contributed by atoms with Crippen LogP contribution in [0.25, 0.3) is 0 Å². The Morgan fingerprint density at radius 2 is 1.35 bits per heavy atom. The van der Waals surface area contributed by atoms with Crippen LogP contribution < -0.4 is 21.6 Å². The zero-order chi connectivity index (χ0) is 16.2. The van der Waals surface area contributed by atoms with E-state index < -0.39 is 19.5 Å².